The van der Waals surface area contributed by atoms with Crippen LogP contribution in [-0.2, 0) is 13.6 Å². The Morgan fingerprint density at radius 1 is 1.45 bits per heavy atom. The summed E-state index contributed by atoms with van der Waals surface area (Å²) >= 11 is 0. The molecule has 0 unspecified atom stereocenters. The summed E-state index contributed by atoms with van der Waals surface area (Å²) in [5.41, 5.74) is 6.51. The number of carbonyl (C=O) groups is 1. The number of rotatable bonds is 3. The number of anilines is 1. The van der Waals surface area contributed by atoms with Gasteiger partial charge in [-0.1, -0.05) is 0 Å². The molecule has 8 heteroatoms. The number of nitrogens with one attached hydrogen (secondary N) is 1. The van der Waals surface area contributed by atoms with E-state index < -0.39 is 0 Å². The number of nitrogen functional groups attached to an aromatic ring is 1. The number of ether oxygens (including phenoxy) is 2. The van der Waals surface area contributed by atoms with Gasteiger partial charge in [-0.05, 0) is 6.07 Å². The molecule has 1 amide bonds. The molecule has 0 saturated heterocycles. The van der Waals surface area contributed by atoms with Crippen molar-refractivity contribution >= 4 is 11.6 Å². The van der Waals surface area contributed by atoms with E-state index in [1.165, 1.54) is 0 Å². The van der Waals surface area contributed by atoms with E-state index in [0.29, 0.717) is 28.6 Å². The van der Waals surface area contributed by atoms with Crippen LogP contribution in [0.1, 0.15) is 16.2 Å². The Morgan fingerprint density at radius 3 is 2.90 bits per heavy atom. The molecule has 1 aromatic heterocycles. The van der Waals surface area contributed by atoms with Gasteiger partial charge in [-0.3, -0.25) is 9.48 Å². The normalized spacial score (nSPS) is 12.4. The van der Waals surface area contributed by atoms with Crippen LogP contribution in [0.15, 0.2) is 18.5 Å². The molecule has 1 aromatic carbocycles. The van der Waals surface area contributed by atoms with Crippen LogP contribution in [-0.4, -0.2) is 27.5 Å². The largest absolute Gasteiger partial charge is 0.454 e. The van der Waals surface area contributed by atoms with Crippen LogP contribution in [0, 0.1) is 0 Å². The molecule has 8 nitrogen and oxygen atoms in total. The van der Waals surface area contributed by atoms with Crippen molar-refractivity contribution in [2.24, 2.45) is 7.05 Å². The number of hydrogen-bond donors (Lipinski definition) is 2. The molecule has 0 bridgehead atoms. The fraction of sp³-hybridized carbons (Fsp3) is 0.250. The molecule has 2 aromatic rings. The molecular weight excluding hydrogens is 262 g/mol. The quantitative estimate of drug-likeness (QED) is 0.767. The highest BCUT2D eigenvalue weighted by Gasteiger charge is 2.19. The van der Waals surface area contributed by atoms with E-state index in [1.807, 2.05) is 0 Å². The number of benzene rings is 1. The maximum absolute atomic E-state index is 12.1. The molecule has 0 fully saturated rings. The number of amides is 1. The summed E-state index contributed by atoms with van der Waals surface area (Å²) in [6, 6.07) is 3.15. The van der Waals surface area contributed by atoms with Crippen LogP contribution in [0.3, 0.4) is 0 Å². The van der Waals surface area contributed by atoms with Gasteiger partial charge in [0.1, 0.15) is 6.33 Å². The third kappa shape index (κ3) is 2.22. The van der Waals surface area contributed by atoms with E-state index >= 15 is 0 Å². The minimum atomic E-state index is -0.312. The lowest BCUT2D eigenvalue weighted by molar-refractivity contribution is 0.0950. The SMILES string of the molecule is Cn1cnc(CNC(=O)c2cc3c(cc2N)OCO3)n1. The van der Waals surface area contributed by atoms with Gasteiger partial charge < -0.3 is 20.5 Å². The summed E-state index contributed by atoms with van der Waals surface area (Å²) in [5.74, 6) is 1.28. The summed E-state index contributed by atoms with van der Waals surface area (Å²) in [7, 11) is 1.76. The third-order valence-electron chi connectivity index (χ3n) is 2.84. The minimum Gasteiger partial charge on any atom is -0.454 e. The van der Waals surface area contributed by atoms with E-state index in [2.05, 4.69) is 15.4 Å². The van der Waals surface area contributed by atoms with Crippen LogP contribution < -0.4 is 20.5 Å². The highest BCUT2D eigenvalue weighted by atomic mass is 16.7. The zero-order valence-electron chi connectivity index (χ0n) is 10.8. The van der Waals surface area contributed by atoms with Crippen molar-refractivity contribution in [2.75, 3.05) is 12.5 Å². The standard InChI is InChI=1S/C12H13N5O3/c1-17-5-15-11(16-17)4-14-12(18)7-2-9-10(3-8(7)13)20-6-19-9/h2-3,5H,4,6,13H2,1H3,(H,14,18). The maximum Gasteiger partial charge on any atom is 0.253 e. The van der Waals surface area contributed by atoms with Crippen LogP contribution >= 0.6 is 0 Å². The second kappa shape index (κ2) is 4.72. The predicted molar refractivity (Wildman–Crippen MR) is 69.2 cm³/mol. The van der Waals surface area contributed by atoms with Gasteiger partial charge in [0.25, 0.3) is 5.91 Å². The second-order valence-electron chi connectivity index (χ2n) is 4.31. The summed E-state index contributed by atoms with van der Waals surface area (Å²) < 4.78 is 12.0. The molecule has 0 radical (unpaired) electrons. The van der Waals surface area contributed by atoms with Crippen molar-refractivity contribution in [1.82, 2.24) is 20.1 Å². The maximum atomic E-state index is 12.1. The first-order chi connectivity index (χ1) is 9.63. The van der Waals surface area contributed by atoms with Gasteiger partial charge in [-0.25, -0.2) is 4.98 Å². The Hall–Kier alpha value is -2.77. The molecule has 1 aliphatic rings. The number of fused-ring (bicyclic) bond motifs is 1. The van der Waals surface area contributed by atoms with Gasteiger partial charge in [0.15, 0.2) is 17.3 Å². The Balaban J connectivity index is 1.74. The molecule has 104 valence electrons. The molecule has 0 saturated carbocycles. The van der Waals surface area contributed by atoms with Gasteiger partial charge >= 0.3 is 0 Å². The fourth-order valence-electron chi connectivity index (χ4n) is 1.87. The van der Waals surface area contributed by atoms with Crippen molar-refractivity contribution in [2.45, 2.75) is 6.54 Å². The monoisotopic (exact) mass is 275 g/mol. The molecular formula is C12H13N5O3. The summed E-state index contributed by atoms with van der Waals surface area (Å²) in [6.07, 6.45) is 1.57. The highest BCUT2D eigenvalue weighted by molar-refractivity contribution is 6.00. The average molecular weight is 275 g/mol. The van der Waals surface area contributed by atoms with Crippen molar-refractivity contribution < 1.29 is 14.3 Å². The Kier molecular flexibility index (Phi) is 2.90. The average Bonchev–Trinajstić information content (AvgIpc) is 3.03. The zero-order chi connectivity index (χ0) is 14.1. The van der Waals surface area contributed by atoms with Gasteiger partial charge in [0.05, 0.1) is 12.1 Å². The van der Waals surface area contributed by atoms with Crippen molar-refractivity contribution in [3.8, 4) is 11.5 Å². The van der Waals surface area contributed by atoms with E-state index in [-0.39, 0.29) is 19.2 Å². The summed E-state index contributed by atoms with van der Waals surface area (Å²) in [6.45, 7) is 0.366. The van der Waals surface area contributed by atoms with Crippen LogP contribution in [0.2, 0.25) is 0 Å². The molecule has 20 heavy (non-hydrogen) atoms. The zero-order valence-corrected chi connectivity index (χ0v) is 10.8. The van der Waals surface area contributed by atoms with E-state index in [1.54, 1.807) is 30.2 Å². The Labute approximate surface area is 114 Å². The predicted octanol–water partition coefficient (Wildman–Crippen LogP) is 0.0560. The molecule has 2 heterocycles. The number of aromatic nitrogens is 3. The number of nitrogens with zero attached hydrogens (tertiary/aromatic N) is 3. The van der Waals surface area contributed by atoms with Crippen LogP contribution in [0.4, 0.5) is 5.69 Å². The first-order valence-corrected chi connectivity index (χ1v) is 5.95. The van der Waals surface area contributed by atoms with Gasteiger partial charge in [-0.2, -0.15) is 5.10 Å². The van der Waals surface area contributed by atoms with Crippen molar-refractivity contribution in [3.63, 3.8) is 0 Å². The van der Waals surface area contributed by atoms with Crippen LogP contribution in [0.5, 0.6) is 11.5 Å². The number of carbonyl (C=O) groups excluding carboxylic acids is 1. The molecule has 0 aliphatic carbocycles. The lowest BCUT2D eigenvalue weighted by atomic mass is 10.1. The third-order valence-corrected chi connectivity index (χ3v) is 2.84. The van der Waals surface area contributed by atoms with E-state index in [4.69, 9.17) is 15.2 Å². The minimum absolute atomic E-state index is 0.137. The van der Waals surface area contributed by atoms with Crippen molar-refractivity contribution in [3.05, 3.63) is 29.8 Å². The molecule has 3 rings (SSSR count). The summed E-state index contributed by atoms with van der Waals surface area (Å²) in [5, 5.41) is 6.78. The number of aryl methyl sites for hydroxylation is 1. The summed E-state index contributed by atoms with van der Waals surface area (Å²) in [4.78, 5) is 16.1. The molecule has 1 aliphatic heterocycles. The Morgan fingerprint density at radius 2 is 2.20 bits per heavy atom. The second-order valence-corrected chi connectivity index (χ2v) is 4.31. The Bertz CT molecular complexity index is 667. The van der Waals surface area contributed by atoms with E-state index in [0.717, 1.165) is 0 Å². The van der Waals surface area contributed by atoms with Gasteiger partial charge in [-0.15, -0.1) is 0 Å². The number of hydrogen-bond acceptors (Lipinski definition) is 6. The molecule has 3 N–H and O–H groups in total. The smallest absolute Gasteiger partial charge is 0.253 e. The highest BCUT2D eigenvalue weighted by Crippen LogP contribution is 2.35. The lowest BCUT2D eigenvalue weighted by Gasteiger charge is -2.07. The molecule has 0 spiro atoms. The molecule has 0 atom stereocenters. The van der Waals surface area contributed by atoms with E-state index in [9.17, 15) is 4.79 Å². The van der Waals surface area contributed by atoms with Gasteiger partial charge in [0.2, 0.25) is 6.79 Å². The van der Waals surface area contributed by atoms with Crippen molar-refractivity contribution in [1.29, 1.82) is 0 Å². The van der Waals surface area contributed by atoms with Gasteiger partial charge in [0, 0.05) is 18.8 Å². The van der Waals surface area contributed by atoms with Crippen LogP contribution in [0.25, 0.3) is 0 Å². The topological polar surface area (TPSA) is 104 Å². The fourth-order valence-corrected chi connectivity index (χ4v) is 1.87. The number of nitrogens with two attached hydrogens (primary N) is 1. The first kappa shape index (κ1) is 12.3. The lowest BCUT2D eigenvalue weighted by Crippen LogP contribution is -2.24. The first-order valence-electron chi connectivity index (χ1n) is 5.95.